The van der Waals surface area contributed by atoms with Crippen molar-refractivity contribution in [2.24, 2.45) is 0 Å². The molecule has 2 aromatic heterocycles. The van der Waals surface area contributed by atoms with Crippen molar-refractivity contribution < 1.29 is 0 Å². The van der Waals surface area contributed by atoms with Gasteiger partial charge >= 0.3 is 0 Å². The van der Waals surface area contributed by atoms with E-state index in [0.29, 0.717) is 5.16 Å². The van der Waals surface area contributed by atoms with Crippen LogP contribution in [-0.2, 0) is 6.54 Å². The van der Waals surface area contributed by atoms with Crippen molar-refractivity contribution in [1.82, 2.24) is 20.3 Å². The molecule has 0 aliphatic rings. The number of aromatic amines is 1. The molecule has 7 heteroatoms. The van der Waals surface area contributed by atoms with Gasteiger partial charge in [0.05, 0.1) is 0 Å². The molecule has 0 atom stereocenters. The van der Waals surface area contributed by atoms with E-state index in [2.05, 4.69) is 27.2 Å². The second-order valence-electron chi connectivity index (χ2n) is 4.22. The topological polar surface area (TPSA) is 96.7 Å². The Bertz CT molecular complexity index is 628. The summed E-state index contributed by atoms with van der Waals surface area (Å²) in [6.45, 7) is 3.80. The molecule has 0 bridgehead atoms. The highest BCUT2D eigenvalue weighted by Gasteiger charge is 2.08. The molecule has 0 aliphatic heterocycles. The van der Waals surface area contributed by atoms with Gasteiger partial charge in [-0.15, -0.1) is 0 Å². The predicted octanol–water partition coefficient (Wildman–Crippen LogP) is 1.40. The van der Waals surface area contributed by atoms with E-state index in [1.54, 1.807) is 6.20 Å². The first-order valence-electron chi connectivity index (χ1n) is 6.38. The number of nitrogens with one attached hydrogen (secondary N) is 2. The first-order chi connectivity index (χ1) is 9.69. The van der Waals surface area contributed by atoms with Crippen LogP contribution >= 0.6 is 11.8 Å². The summed E-state index contributed by atoms with van der Waals surface area (Å²) in [5.74, 6) is 0.206. The molecule has 106 valence electrons. The smallest absolute Gasteiger partial charge is 0.253 e. The third kappa shape index (κ3) is 4.07. The fourth-order valence-corrected chi connectivity index (χ4v) is 2.51. The Balaban J connectivity index is 2.17. The molecule has 0 fully saturated rings. The molecule has 0 amide bonds. The van der Waals surface area contributed by atoms with Gasteiger partial charge in [-0.1, -0.05) is 13.0 Å². The van der Waals surface area contributed by atoms with Crippen LogP contribution in [0.1, 0.15) is 18.9 Å². The van der Waals surface area contributed by atoms with Crippen LogP contribution in [0.2, 0.25) is 0 Å². The van der Waals surface area contributed by atoms with Crippen LogP contribution in [0.15, 0.2) is 39.4 Å². The van der Waals surface area contributed by atoms with Crippen LogP contribution in [0.25, 0.3) is 0 Å². The Labute approximate surface area is 121 Å². The second-order valence-corrected chi connectivity index (χ2v) is 5.20. The molecule has 0 spiro atoms. The van der Waals surface area contributed by atoms with Crippen LogP contribution in [0.4, 0.5) is 5.82 Å². The summed E-state index contributed by atoms with van der Waals surface area (Å²) in [6, 6.07) is 5.15. The van der Waals surface area contributed by atoms with Crippen LogP contribution in [0, 0.1) is 0 Å². The van der Waals surface area contributed by atoms with E-state index < -0.39 is 0 Å². The normalized spacial score (nSPS) is 10.7. The molecular weight excluding hydrogens is 274 g/mol. The number of hydrogen-bond acceptors (Lipinski definition) is 6. The standard InChI is InChI=1S/C13H17N5OS/c1-2-5-15-8-9-4-3-6-16-12(9)20-13-17-10(14)7-11(19)18-13/h3-4,6-7,15H,2,5,8H2,1H3,(H3,14,17,18,19). The summed E-state index contributed by atoms with van der Waals surface area (Å²) in [6.07, 6.45) is 2.79. The summed E-state index contributed by atoms with van der Waals surface area (Å²) in [4.78, 5) is 22.4. The lowest BCUT2D eigenvalue weighted by atomic mass is 10.3. The minimum atomic E-state index is -0.262. The van der Waals surface area contributed by atoms with E-state index >= 15 is 0 Å². The van der Waals surface area contributed by atoms with Crippen LogP contribution < -0.4 is 16.6 Å². The van der Waals surface area contributed by atoms with E-state index in [1.807, 2.05) is 12.1 Å². The zero-order chi connectivity index (χ0) is 14.4. The van der Waals surface area contributed by atoms with Gasteiger partial charge in [-0.3, -0.25) is 4.79 Å². The van der Waals surface area contributed by atoms with Gasteiger partial charge in [0.1, 0.15) is 10.8 Å². The Hall–Kier alpha value is -1.86. The van der Waals surface area contributed by atoms with Crippen molar-refractivity contribution in [3.63, 3.8) is 0 Å². The molecule has 0 saturated heterocycles. The lowest BCUT2D eigenvalue weighted by molar-refractivity contribution is 0.665. The summed E-state index contributed by atoms with van der Waals surface area (Å²) in [7, 11) is 0. The lowest BCUT2D eigenvalue weighted by Gasteiger charge is -2.08. The summed E-state index contributed by atoms with van der Waals surface area (Å²) >= 11 is 1.30. The highest BCUT2D eigenvalue weighted by atomic mass is 32.2. The zero-order valence-corrected chi connectivity index (χ0v) is 12.0. The van der Waals surface area contributed by atoms with Crippen molar-refractivity contribution >= 4 is 17.6 Å². The minimum Gasteiger partial charge on any atom is -0.383 e. The molecule has 0 aliphatic carbocycles. The molecule has 20 heavy (non-hydrogen) atoms. The molecule has 0 unspecified atom stereocenters. The average Bonchev–Trinajstić information content (AvgIpc) is 2.40. The number of aromatic nitrogens is 3. The van der Waals surface area contributed by atoms with Crippen molar-refractivity contribution in [1.29, 1.82) is 0 Å². The molecule has 0 saturated carbocycles. The van der Waals surface area contributed by atoms with Gasteiger partial charge in [-0.05, 0) is 36.4 Å². The van der Waals surface area contributed by atoms with Crippen LogP contribution in [0.3, 0.4) is 0 Å². The average molecular weight is 291 g/mol. The van der Waals surface area contributed by atoms with Gasteiger partial charge in [0, 0.05) is 18.8 Å². The minimum absolute atomic E-state index is 0.206. The maximum atomic E-state index is 11.4. The number of nitrogen functional groups attached to an aromatic ring is 1. The van der Waals surface area contributed by atoms with Crippen molar-refractivity contribution in [3.8, 4) is 0 Å². The molecule has 2 heterocycles. The van der Waals surface area contributed by atoms with Crippen LogP contribution in [0.5, 0.6) is 0 Å². The Morgan fingerprint density at radius 3 is 3.10 bits per heavy atom. The van der Waals surface area contributed by atoms with E-state index in [4.69, 9.17) is 5.73 Å². The van der Waals surface area contributed by atoms with Crippen molar-refractivity contribution in [2.75, 3.05) is 12.3 Å². The van der Waals surface area contributed by atoms with E-state index in [-0.39, 0.29) is 11.4 Å². The fourth-order valence-electron chi connectivity index (χ4n) is 1.64. The van der Waals surface area contributed by atoms with E-state index in [9.17, 15) is 4.79 Å². The van der Waals surface area contributed by atoms with Gasteiger partial charge in [-0.2, -0.15) is 0 Å². The molecule has 6 nitrogen and oxygen atoms in total. The monoisotopic (exact) mass is 291 g/mol. The molecule has 2 rings (SSSR count). The number of pyridine rings is 1. The highest BCUT2D eigenvalue weighted by molar-refractivity contribution is 7.99. The van der Waals surface area contributed by atoms with Crippen molar-refractivity contribution in [2.45, 2.75) is 30.1 Å². The van der Waals surface area contributed by atoms with E-state index in [0.717, 1.165) is 30.1 Å². The number of H-pyrrole nitrogens is 1. The molecule has 2 aromatic rings. The maximum absolute atomic E-state index is 11.4. The van der Waals surface area contributed by atoms with Gasteiger partial charge in [-0.25, -0.2) is 9.97 Å². The quantitative estimate of drug-likeness (QED) is 0.550. The number of hydrogen-bond donors (Lipinski definition) is 3. The lowest BCUT2D eigenvalue weighted by Crippen LogP contribution is -2.15. The Kier molecular flexibility index (Phi) is 5.14. The SMILES string of the molecule is CCCNCc1cccnc1Sc1nc(N)cc(=O)[nH]1. The Morgan fingerprint density at radius 2 is 2.35 bits per heavy atom. The fraction of sp³-hybridized carbons (Fsp3) is 0.308. The molecular formula is C13H17N5OS. The number of rotatable bonds is 6. The van der Waals surface area contributed by atoms with Gasteiger partial charge in [0.15, 0.2) is 5.16 Å². The predicted molar refractivity (Wildman–Crippen MR) is 79.6 cm³/mol. The zero-order valence-electron chi connectivity index (χ0n) is 11.2. The maximum Gasteiger partial charge on any atom is 0.253 e. The third-order valence-electron chi connectivity index (χ3n) is 2.53. The van der Waals surface area contributed by atoms with Gasteiger partial charge in [0.2, 0.25) is 0 Å². The van der Waals surface area contributed by atoms with Gasteiger partial charge < -0.3 is 16.0 Å². The summed E-state index contributed by atoms with van der Waals surface area (Å²) in [5, 5.41) is 4.59. The van der Waals surface area contributed by atoms with Gasteiger partial charge in [0.25, 0.3) is 5.56 Å². The van der Waals surface area contributed by atoms with Crippen LogP contribution in [-0.4, -0.2) is 21.5 Å². The summed E-state index contributed by atoms with van der Waals surface area (Å²) in [5.41, 5.74) is 6.38. The third-order valence-corrected chi connectivity index (χ3v) is 3.47. The number of nitrogens with zero attached hydrogens (tertiary/aromatic N) is 2. The van der Waals surface area contributed by atoms with E-state index in [1.165, 1.54) is 17.8 Å². The second kappa shape index (κ2) is 7.06. The number of anilines is 1. The molecule has 0 aromatic carbocycles. The first kappa shape index (κ1) is 14.5. The Morgan fingerprint density at radius 1 is 1.50 bits per heavy atom. The molecule has 4 N–H and O–H groups in total. The van der Waals surface area contributed by atoms with Crippen molar-refractivity contribution in [3.05, 3.63) is 40.3 Å². The molecule has 0 radical (unpaired) electrons. The number of nitrogens with two attached hydrogens (primary N) is 1. The largest absolute Gasteiger partial charge is 0.383 e. The summed E-state index contributed by atoms with van der Waals surface area (Å²) < 4.78 is 0. The highest BCUT2D eigenvalue weighted by Crippen LogP contribution is 2.25. The first-order valence-corrected chi connectivity index (χ1v) is 7.20.